The van der Waals surface area contributed by atoms with Gasteiger partial charge in [0.1, 0.15) is 5.82 Å². The molecule has 1 heterocycles. The van der Waals surface area contributed by atoms with Gasteiger partial charge in [0.2, 0.25) is 0 Å². The lowest BCUT2D eigenvalue weighted by molar-refractivity contribution is -0.385. The molecule has 20 heavy (non-hydrogen) atoms. The van der Waals surface area contributed by atoms with Gasteiger partial charge in [0.15, 0.2) is 0 Å². The monoisotopic (exact) mass is 273 g/mol. The largest absolute Gasteiger partial charge is 0.478 e. The van der Waals surface area contributed by atoms with E-state index in [2.05, 4.69) is 4.98 Å². The smallest absolute Gasteiger partial charge is 0.328 e. The number of nitro benzene ring substituents is 1. The summed E-state index contributed by atoms with van der Waals surface area (Å²) in [6.45, 7) is 1.80. The molecule has 0 aliphatic rings. The number of benzene rings is 1. The Kier molecular flexibility index (Phi) is 3.60. The minimum Gasteiger partial charge on any atom is -0.478 e. The Bertz CT molecular complexity index is 703. The quantitative estimate of drug-likeness (QED) is 0.523. The second-order valence-electron chi connectivity index (χ2n) is 4.02. The van der Waals surface area contributed by atoms with E-state index in [0.29, 0.717) is 5.69 Å². The first-order valence-electron chi connectivity index (χ1n) is 5.69. The molecule has 0 aliphatic carbocycles. The van der Waals surface area contributed by atoms with E-state index in [1.165, 1.54) is 12.1 Å². The van der Waals surface area contributed by atoms with Gasteiger partial charge in [-0.25, -0.2) is 9.78 Å². The van der Waals surface area contributed by atoms with Gasteiger partial charge in [0.05, 0.1) is 10.5 Å². The molecule has 1 aromatic heterocycles. The number of nitro groups is 1. The first kappa shape index (κ1) is 13.5. The Morgan fingerprint density at radius 2 is 2.25 bits per heavy atom. The molecule has 2 rings (SSSR count). The Labute approximate surface area is 114 Å². The van der Waals surface area contributed by atoms with Gasteiger partial charge in [0.25, 0.3) is 5.69 Å². The second kappa shape index (κ2) is 5.35. The van der Waals surface area contributed by atoms with Crippen molar-refractivity contribution in [3.05, 3.63) is 58.2 Å². The molecule has 0 atom stereocenters. The van der Waals surface area contributed by atoms with Gasteiger partial charge < -0.3 is 9.67 Å². The maximum absolute atomic E-state index is 10.9. The fourth-order valence-electron chi connectivity index (χ4n) is 1.80. The van der Waals surface area contributed by atoms with E-state index in [1.54, 1.807) is 36.0 Å². The van der Waals surface area contributed by atoms with Crippen LogP contribution >= 0.6 is 0 Å². The van der Waals surface area contributed by atoms with Crippen molar-refractivity contribution >= 4 is 17.7 Å². The normalized spacial score (nSPS) is 10.8. The molecule has 0 saturated heterocycles. The molecule has 0 amide bonds. The predicted molar refractivity (Wildman–Crippen MR) is 71.6 cm³/mol. The number of aromatic nitrogens is 2. The van der Waals surface area contributed by atoms with Crippen LogP contribution in [-0.2, 0) is 4.79 Å². The van der Waals surface area contributed by atoms with Crippen molar-refractivity contribution in [2.75, 3.05) is 0 Å². The third-order valence-corrected chi connectivity index (χ3v) is 2.72. The zero-order valence-electron chi connectivity index (χ0n) is 10.6. The summed E-state index contributed by atoms with van der Waals surface area (Å²) in [5, 5.41) is 19.6. The number of rotatable bonds is 4. The van der Waals surface area contributed by atoms with Gasteiger partial charge in [-0.05, 0) is 25.1 Å². The maximum atomic E-state index is 10.9. The number of hydrogen-bond donors (Lipinski definition) is 1. The van der Waals surface area contributed by atoms with E-state index in [1.807, 2.05) is 0 Å². The van der Waals surface area contributed by atoms with Crippen molar-refractivity contribution in [2.45, 2.75) is 6.92 Å². The molecule has 1 N–H and O–H groups in total. The number of carboxylic acid groups (broad SMARTS) is 1. The van der Waals surface area contributed by atoms with E-state index < -0.39 is 10.9 Å². The number of aliphatic carboxylic acids is 1. The summed E-state index contributed by atoms with van der Waals surface area (Å²) in [5.41, 5.74) is 0.752. The summed E-state index contributed by atoms with van der Waals surface area (Å²) >= 11 is 0. The van der Waals surface area contributed by atoms with E-state index in [0.717, 1.165) is 11.9 Å². The minimum atomic E-state index is -1.16. The van der Waals surface area contributed by atoms with E-state index in [-0.39, 0.29) is 11.3 Å². The van der Waals surface area contributed by atoms with E-state index >= 15 is 0 Å². The summed E-state index contributed by atoms with van der Waals surface area (Å²) in [6.07, 6.45) is 5.41. The lowest BCUT2D eigenvalue weighted by Crippen LogP contribution is -1.98. The fraction of sp³-hybridized carbons (Fsp3) is 0.0769. The highest BCUT2D eigenvalue weighted by molar-refractivity contribution is 5.86. The molecule has 0 radical (unpaired) electrons. The SMILES string of the molecule is Cc1nccn1-c1ccc([N+](=O)[O-])c(/C=C/C(=O)O)c1. The van der Waals surface area contributed by atoms with Crippen molar-refractivity contribution < 1.29 is 14.8 Å². The molecule has 0 spiro atoms. The second-order valence-corrected chi connectivity index (χ2v) is 4.02. The summed E-state index contributed by atoms with van der Waals surface area (Å²) < 4.78 is 1.75. The highest BCUT2D eigenvalue weighted by atomic mass is 16.6. The van der Waals surface area contributed by atoms with Crippen molar-refractivity contribution in [1.29, 1.82) is 0 Å². The van der Waals surface area contributed by atoms with Gasteiger partial charge in [0, 0.05) is 30.2 Å². The van der Waals surface area contributed by atoms with Crippen LogP contribution in [-0.4, -0.2) is 25.6 Å². The third kappa shape index (κ3) is 2.72. The average molecular weight is 273 g/mol. The molecule has 102 valence electrons. The Morgan fingerprint density at radius 1 is 1.50 bits per heavy atom. The molecule has 0 bridgehead atoms. The molecular formula is C13H11N3O4. The summed E-state index contributed by atoms with van der Waals surface area (Å²) in [4.78, 5) is 25.0. The van der Waals surface area contributed by atoms with Crippen LogP contribution in [0.5, 0.6) is 0 Å². The van der Waals surface area contributed by atoms with Crippen LogP contribution in [0.1, 0.15) is 11.4 Å². The number of nitrogens with zero attached hydrogens (tertiary/aromatic N) is 3. The first-order chi connectivity index (χ1) is 9.49. The van der Waals surface area contributed by atoms with Crippen LogP contribution in [0, 0.1) is 17.0 Å². The Morgan fingerprint density at radius 3 is 2.80 bits per heavy atom. The van der Waals surface area contributed by atoms with Gasteiger partial charge in [-0.1, -0.05) is 0 Å². The standard InChI is InChI=1S/C13H11N3O4/c1-9-14-6-7-15(9)11-3-4-12(16(19)20)10(8-11)2-5-13(17)18/h2-8H,1H3,(H,17,18)/b5-2+. The summed E-state index contributed by atoms with van der Waals surface area (Å²) in [5.74, 6) is -0.435. The summed E-state index contributed by atoms with van der Waals surface area (Å²) in [7, 11) is 0. The lowest BCUT2D eigenvalue weighted by atomic mass is 10.1. The van der Waals surface area contributed by atoms with Crippen LogP contribution < -0.4 is 0 Å². The molecule has 7 nitrogen and oxygen atoms in total. The van der Waals surface area contributed by atoms with Crippen molar-refractivity contribution in [2.24, 2.45) is 0 Å². The van der Waals surface area contributed by atoms with Crippen LogP contribution in [0.2, 0.25) is 0 Å². The molecule has 7 heteroatoms. The third-order valence-electron chi connectivity index (χ3n) is 2.72. The lowest BCUT2D eigenvalue weighted by Gasteiger charge is -2.06. The topological polar surface area (TPSA) is 98.3 Å². The number of aryl methyl sites for hydroxylation is 1. The van der Waals surface area contributed by atoms with Gasteiger partial charge in [-0.3, -0.25) is 10.1 Å². The summed E-state index contributed by atoms with van der Waals surface area (Å²) in [6, 6.07) is 4.48. The van der Waals surface area contributed by atoms with Gasteiger partial charge in [-0.2, -0.15) is 0 Å². The maximum Gasteiger partial charge on any atom is 0.328 e. The average Bonchev–Trinajstić information content (AvgIpc) is 2.82. The van der Waals surface area contributed by atoms with Crippen molar-refractivity contribution in [3.8, 4) is 5.69 Å². The van der Waals surface area contributed by atoms with Crippen molar-refractivity contribution in [3.63, 3.8) is 0 Å². The zero-order chi connectivity index (χ0) is 14.7. The van der Waals surface area contributed by atoms with Crippen LogP contribution in [0.25, 0.3) is 11.8 Å². The van der Waals surface area contributed by atoms with E-state index in [9.17, 15) is 14.9 Å². The van der Waals surface area contributed by atoms with E-state index in [4.69, 9.17) is 5.11 Å². The highest BCUT2D eigenvalue weighted by Gasteiger charge is 2.13. The first-order valence-corrected chi connectivity index (χ1v) is 5.69. The van der Waals surface area contributed by atoms with Gasteiger partial charge in [-0.15, -0.1) is 0 Å². The molecule has 0 aliphatic heterocycles. The molecule has 2 aromatic rings. The molecule has 0 unspecified atom stereocenters. The Balaban J connectivity index is 2.54. The number of carboxylic acids is 1. The Hall–Kier alpha value is -2.96. The number of carbonyl (C=O) groups is 1. The minimum absolute atomic E-state index is 0.149. The van der Waals surface area contributed by atoms with Crippen molar-refractivity contribution in [1.82, 2.24) is 9.55 Å². The number of imidazole rings is 1. The van der Waals surface area contributed by atoms with Crippen LogP contribution in [0.15, 0.2) is 36.7 Å². The molecule has 1 aromatic carbocycles. The molecular weight excluding hydrogens is 262 g/mol. The highest BCUT2D eigenvalue weighted by Crippen LogP contribution is 2.24. The zero-order valence-corrected chi connectivity index (χ0v) is 10.6. The fourth-order valence-corrected chi connectivity index (χ4v) is 1.80. The van der Waals surface area contributed by atoms with Crippen LogP contribution in [0.3, 0.4) is 0 Å². The predicted octanol–water partition coefficient (Wildman–Crippen LogP) is 2.19. The van der Waals surface area contributed by atoms with Crippen LogP contribution in [0.4, 0.5) is 5.69 Å². The number of hydrogen-bond acceptors (Lipinski definition) is 4. The molecule has 0 saturated carbocycles. The molecule has 0 fully saturated rings. The van der Waals surface area contributed by atoms with Gasteiger partial charge >= 0.3 is 5.97 Å².